The minimum absolute atomic E-state index is 0.0504. The van der Waals surface area contributed by atoms with Gasteiger partial charge in [-0.15, -0.1) is 0 Å². The predicted molar refractivity (Wildman–Crippen MR) is 50.3 cm³/mol. The van der Waals surface area contributed by atoms with Gasteiger partial charge < -0.3 is 15.2 Å². The summed E-state index contributed by atoms with van der Waals surface area (Å²) in [5.41, 5.74) is 5.63. The maximum Gasteiger partial charge on any atom is 0.280 e. The van der Waals surface area contributed by atoms with E-state index in [1.54, 1.807) is 18.2 Å². The van der Waals surface area contributed by atoms with Gasteiger partial charge in [0.2, 0.25) is 5.88 Å². The maximum atomic E-state index is 10.7. The van der Waals surface area contributed by atoms with Crippen LogP contribution in [0, 0.1) is 10.1 Å². The first-order chi connectivity index (χ1) is 7.18. The van der Waals surface area contributed by atoms with Crippen LogP contribution in [0.1, 0.15) is 11.9 Å². The van der Waals surface area contributed by atoms with E-state index in [-0.39, 0.29) is 11.6 Å². The van der Waals surface area contributed by atoms with Gasteiger partial charge in [-0.1, -0.05) is 12.1 Å². The largest absolute Gasteiger partial charge is 0.452 e. The third-order valence-corrected chi connectivity index (χ3v) is 1.94. The topological polar surface area (TPSA) is 87.6 Å². The molecule has 1 heterocycles. The number of nitrogens with two attached hydrogens (primary N) is 1. The van der Waals surface area contributed by atoms with Crippen LogP contribution in [-0.2, 0) is 9.47 Å². The molecule has 6 nitrogen and oxygen atoms in total. The number of nitro groups is 1. The number of ether oxygens (including phenoxy) is 2. The monoisotopic (exact) mass is 208 g/mol. The van der Waals surface area contributed by atoms with Crippen molar-refractivity contribution in [3.63, 3.8) is 0 Å². The molecule has 1 aliphatic heterocycles. The van der Waals surface area contributed by atoms with Crippen molar-refractivity contribution in [2.75, 3.05) is 0 Å². The number of rotatable bonds is 2. The van der Waals surface area contributed by atoms with E-state index in [9.17, 15) is 10.1 Å². The molecule has 0 bridgehead atoms. The smallest absolute Gasteiger partial charge is 0.280 e. The quantitative estimate of drug-likeness (QED) is 0.586. The number of benzene rings is 1. The summed E-state index contributed by atoms with van der Waals surface area (Å²) >= 11 is 0. The van der Waals surface area contributed by atoms with E-state index in [1.165, 1.54) is 12.3 Å². The Morgan fingerprint density at radius 2 is 2.13 bits per heavy atom. The standard InChI is InChI=1S/C9H8N2O4/c10-8-5-14-9(15-8)6-3-1-2-4-7(6)11(12)13/h1-5,9H,10H2. The molecule has 1 unspecified atom stereocenters. The van der Waals surface area contributed by atoms with Crippen molar-refractivity contribution >= 4 is 5.69 Å². The molecule has 1 aromatic rings. The highest BCUT2D eigenvalue weighted by atomic mass is 16.7. The minimum Gasteiger partial charge on any atom is -0.452 e. The molecule has 1 aromatic carbocycles. The first kappa shape index (κ1) is 9.32. The molecule has 78 valence electrons. The Bertz CT molecular complexity index is 430. The lowest BCUT2D eigenvalue weighted by Gasteiger charge is -2.10. The van der Waals surface area contributed by atoms with E-state index < -0.39 is 11.2 Å². The summed E-state index contributed by atoms with van der Waals surface area (Å²) in [6.45, 7) is 0. The third-order valence-electron chi connectivity index (χ3n) is 1.94. The molecule has 6 heteroatoms. The Labute approximate surface area is 85.1 Å². The van der Waals surface area contributed by atoms with Gasteiger partial charge in [-0.2, -0.15) is 0 Å². The van der Waals surface area contributed by atoms with Gasteiger partial charge in [-0.05, 0) is 6.07 Å². The van der Waals surface area contributed by atoms with Crippen molar-refractivity contribution in [1.82, 2.24) is 0 Å². The Kier molecular flexibility index (Phi) is 2.17. The number of hydrogen-bond donors (Lipinski definition) is 1. The Hall–Kier alpha value is -2.24. The molecule has 15 heavy (non-hydrogen) atoms. The van der Waals surface area contributed by atoms with Crippen LogP contribution in [0.2, 0.25) is 0 Å². The van der Waals surface area contributed by atoms with E-state index in [0.29, 0.717) is 5.56 Å². The fourth-order valence-electron chi connectivity index (χ4n) is 1.30. The minimum atomic E-state index is -0.827. The van der Waals surface area contributed by atoms with Gasteiger partial charge in [0.15, 0.2) is 0 Å². The van der Waals surface area contributed by atoms with Gasteiger partial charge in [-0.25, -0.2) is 0 Å². The zero-order valence-corrected chi connectivity index (χ0v) is 7.62. The summed E-state index contributed by atoms with van der Waals surface area (Å²) in [5, 5.41) is 10.7. The lowest BCUT2D eigenvalue weighted by molar-refractivity contribution is -0.386. The lowest BCUT2D eigenvalue weighted by Crippen LogP contribution is -2.05. The molecule has 0 radical (unpaired) electrons. The van der Waals surface area contributed by atoms with Crippen molar-refractivity contribution < 1.29 is 14.4 Å². The summed E-state index contributed by atoms with van der Waals surface area (Å²) in [4.78, 5) is 10.2. The van der Waals surface area contributed by atoms with Crippen molar-refractivity contribution in [3.05, 3.63) is 52.1 Å². The Balaban J connectivity index is 2.32. The zero-order chi connectivity index (χ0) is 10.8. The molecule has 2 N–H and O–H groups in total. The maximum absolute atomic E-state index is 10.7. The zero-order valence-electron chi connectivity index (χ0n) is 7.62. The average Bonchev–Trinajstić information content (AvgIpc) is 2.65. The molecule has 1 aliphatic rings. The van der Waals surface area contributed by atoms with E-state index in [1.807, 2.05) is 0 Å². The predicted octanol–water partition coefficient (Wildman–Crippen LogP) is 1.40. The molecular formula is C9H8N2O4. The van der Waals surface area contributed by atoms with E-state index in [2.05, 4.69) is 0 Å². The molecule has 0 fully saturated rings. The van der Waals surface area contributed by atoms with E-state index in [0.717, 1.165) is 0 Å². The Morgan fingerprint density at radius 1 is 1.40 bits per heavy atom. The van der Waals surface area contributed by atoms with E-state index >= 15 is 0 Å². The molecule has 0 spiro atoms. The first-order valence-electron chi connectivity index (χ1n) is 4.19. The highest BCUT2D eigenvalue weighted by Crippen LogP contribution is 2.32. The lowest BCUT2D eigenvalue weighted by atomic mass is 10.2. The first-order valence-corrected chi connectivity index (χ1v) is 4.19. The van der Waals surface area contributed by atoms with Gasteiger partial charge in [0, 0.05) is 6.07 Å². The van der Waals surface area contributed by atoms with Crippen LogP contribution in [0.25, 0.3) is 0 Å². The van der Waals surface area contributed by atoms with Gasteiger partial charge in [0.05, 0.1) is 4.92 Å². The van der Waals surface area contributed by atoms with Crippen LogP contribution in [-0.4, -0.2) is 4.92 Å². The number of hydrogen-bond acceptors (Lipinski definition) is 5. The highest BCUT2D eigenvalue weighted by Gasteiger charge is 2.27. The summed E-state index contributed by atoms with van der Waals surface area (Å²) in [7, 11) is 0. The van der Waals surface area contributed by atoms with Gasteiger partial charge >= 0.3 is 0 Å². The fraction of sp³-hybridized carbons (Fsp3) is 0.111. The van der Waals surface area contributed by atoms with Crippen LogP contribution in [0.5, 0.6) is 0 Å². The number of nitrogens with zero attached hydrogens (tertiary/aromatic N) is 1. The summed E-state index contributed by atoms with van der Waals surface area (Å²) in [5.74, 6) is 0.109. The number of nitro benzene ring substituents is 1. The highest BCUT2D eigenvalue weighted by molar-refractivity contribution is 5.41. The van der Waals surface area contributed by atoms with Crippen molar-refractivity contribution in [2.24, 2.45) is 5.73 Å². The van der Waals surface area contributed by atoms with Crippen LogP contribution < -0.4 is 5.73 Å². The molecular weight excluding hydrogens is 200 g/mol. The normalized spacial score (nSPS) is 18.9. The molecule has 0 amide bonds. The van der Waals surface area contributed by atoms with Crippen LogP contribution in [0.3, 0.4) is 0 Å². The Morgan fingerprint density at radius 3 is 2.73 bits per heavy atom. The second-order valence-electron chi connectivity index (χ2n) is 2.92. The van der Waals surface area contributed by atoms with Crippen LogP contribution in [0.15, 0.2) is 36.4 Å². The molecule has 0 aromatic heterocycles. The molecule has 2 rings (SSSR count). The molecule has 0 saturated heterocycles. The SMILES string of the molecule is NC1=COC(c2ccccc2[N+](=O)[O-])O1. The van der Waals surface area contributed by atoms with Crippen LogP contribution >= 0.6 is 0 Å². The van der Waals surface area contributed by atoms with Crippen LogP contribution in [0.4, 0.5) is 5.69 Å². The fourth-order valence-corrected chi connectivity index (χ4v) is 1.30. The summed E-state index contributed by atoms with van der Waals surface area (Å²) in [6.07, 6.45) is 0.396. The summed E-state index contributed by atoms with van der Waals surface area (Å²) < 4.78 is 10.1. The van der Waals surface area contributed by atoms with Crippen molar-refractivity contribution in [2.45, 2.75) is 6.29 Å². The summed E-state index contributed by atoms with van der Waals surface area (Å²) in [6, 6.07) is 6.20. The van der Waals surface area contributed by atoms with Crippen molar-refractivity contribution in [1.29, 1.82) is 0 Å². The second-order valence-corrected chi connectivity index (χ2v) is 2.92. The van der Waals surface area contributed by atoms with E-state index in [4.69, 9.17) is 15.2 Å². The third kappa shape index (κ3) is 1.69. The van der Waals surface area contributed by atoms with Gasteiger partial charge in [-0.3, -0.25) is 10.1 Å². The second kappa shape index (κ2) is 3.49. The molecule has 0 aliphatic carbocycles. The average molecular weight is 208 g/mol. The molecule has 1 atom stereocenters. The van der Waals surface area contributed by atoms with Crippen molar-refractivity contribution in [3.8, 4) is 0 Å². The molecule has 0 saturated carbocycles. The number of para-hydroxylation sites is 1. The van der Waals surface area contributed by atoms with Gasteiger partial charge in [0.25, 0.3) is 12.0 Å². The van der Waals surface area contributed by atoms with Gasteiger partial charge in [0.1, 0.15) is 11.8 Å².